The van der Waals surface area contributed by atoms with Crippen LogP contribution in [0.3, 0.4) is 0 Å². The number of hydrogen-bond donors (Lipinski definition) is 3. The Hall–Kier alpha value is -2.45. The van der Waals surface area contributed by atoms with Crippen LogP contribution in [-0.2, 0) is 30.5 Å². The van der Waals surface area contributed by atoms with Gasteiger partial charge in [0.05, 0.1) is 24.5 Å². The zero-order valence-electron chi connectivity index (χ0n) is 19.3. The Morgan fingerprint density at radius 3 is 2.31 bits per heavy atom. The third kappa shape index (κ3) is 7.60. The van der Waals surface area contributed by atoms with Crippen molar-refractivity contribution in [2.24, 2.45) is 17.1 Å². The lowest BCUT2D eigenvalue weighted by molar-refractivity contribution is -0.161. The second-order valence-corrected chi connectivity index (χ2v) is 9.52. The fourth-order valence-electron chi connectivity index (χ4n) is 4.05. The Balaban J connectivity index is 2.04. The van der Waals surface area contributed by atoms with Gasteiger partial charge in [-0.25, -0.2) is 4.79 Å². The van der Waals surface area contributed by atoms with Crippen molar-refractivity contribution in [2.45, 2.75) is 71.1 Å². The summed E-state index contributed by atoms with van der Waals surface area (Å²) in [4.78, 5) is 37.6. The van der Waals surface area contributed by atoms with Gasteiger partial charge in [0.15, 0.2) is 6.04 Å². The Morgan fingerprint density at radius 1 is 1.16 bits per heavy atom. The molecule has 178 valence electrons. The largest absolute Gasteiger partial charge is 0.480 e. The van der Waals surface area contributed by atoms with Crippen molar-refractivity contribution in [1.29, 1.82) is 0 Å². The molecule has 0 heterocycles. The summed E-state index contributed by atoms with van der Waals surface area (Å²) in [7, 11) is 0. The minimum Gasteiger partial charge on any atom is -0.480 e. The summed E-state index contributed by atoms with van der Waals surface area (Å²) in [5.41, 5.74) is 5.28. The number of carbonyl (C=O) groups is 3. The Kier molecular flexibility index (Phi) is 9.21. The molecule has 32 heavy (non-hydrogen) atoms. The summed E-state index contributed by atoms with van der Waals surface area (Å²) in [5.74, 6) is -2.59. The van der Waals surface area contributed by atoms with E-state index in [2.05, 4.69) is 5.32 Å². The number of carboxylic acids is 1. The maximum absolute atomic E-state index is 13.3. The van der Waals surface area contributed by atoms with Crippen LogP contribution in [0.25, 0.3) is 0 Å². The summed E-state index contributed by atoms with van der Waals surface area (Å²) in [5, 5.41) is 12.2. The molecule has 1 aliphatic rings. The van der Waals surface area contributed by atoms with Crippen LogP contribution in [0.5, 0.6) is 0 Å². The van der Waals surface area contributed by atoms with Crippen LogP contribution in [0.4, 0.5) is 0 Å². The van der Waals surface area contributed by atoms with E-state index in [4.69, 9.17) is 15.2 Å². The number of carboxylic acid groups (broad SMARTS) is 1. The molecule has 0 saturated heterocycles. The molecule has 8 heteroatoms. The standard InChI is InChI=1S/C24H36N2O6/c1-23(2,3)32-21(29)18(14-25)13-24(11-7-8-12-24)22(30)26-19(20(27)28)16-31-15-17-9-5-4-6-10-17/h4-6,9-10,18-19H,7-8,11-16,25H2,1-3H3,(H,26,30)(H,27,28)/t18-,19-/m0/s1. The van der Waals surface area contributed by atoms with Gasteiger partial charge in [0.1, 0.15) is 5.60 Å². The smallest absolute Gasteiger partial charge is 0.328 e. The first-order valence-electron chi connectivity index (χ1n) is 11.1. The second kappa shape index (κ2) is 11.4. The summed E-state index contributed by atoms with van der Waals surface area (Å²) in [6, 6.07) is 8.21. The van der Waals surface area contributed by atoms with Crippen molar-refractivity contribution in [3.63, 3.8) is 0 Å². The molecule has 2 rings (SSSR count). The molecular weight excluding hydrogens is 412 g/mol. The molecule has 0 aliphatic heterocycles. The topological polar surface area (TPSA) is 128 Å². The molecule has 1 amide bonds. The Morgan fingerprint density at radius 2 is 1.78 bits per heavy atom. The zero-order valence-corrected chi connectivity index (χ0v) is 19.3. The predicted octanol–water partition coefficient (Wildman–Crippen LogP) is 2.64. The quantitative estimate of drug-likeness (QED) is 0.444. The monoisotopic (exact) mass is 448 g/mol. The molecule has 8 nitrogen and oxygen atoms in total. The van der Waals surface area contributed by atoms with E-state index in [9.17, 15) is 19.5 Å². The van der Waals surface area contributed by atoms with Gasteiger partial charge >= 0.3 is 11.9 Å². The molecule has 0 bridgehead atoms. The van der Waals surface area contributed by atoms with E-state index in [1.807, 2.05) is 30.3 Å². The highest BCUT2D eigenvalue weighted by atomic mass is 16.6. The number of rotatable bonds is 11. The number of nitrogens with two attached hydrogens (primary N) is 1. The summed E-state index contributed by atoms with van der Waals surface area (Å²) < 4.78 is 11.0. The van der Waals surface area contributed by atoms with Gasteiger partial charge in [0.25, 0.3) is 0 Å². The minimum absolute atomic E-state index is 0.0620. The van der Waals surface area contributed by atoms with Gasteiger partial charge in [0.2, 0.25) is 5.91 Å². The fraction of sp³-hybridized carbons (Fsp3) is 0.625. The number of nitrogens with one attached hydrogen (secondary N) is 1. The molecule has 0 spiro atoms. The SMILES string of the molecule is CC(C)(C)OC(=O)[C@H](CN)CC1(C(=O)N[C@@H](COCc2ccccc2)C(=O)O)CCCC1. The van der Waals surface area contributed by atoms with Crippen molar-refractivity contribution in [3.05, 3.63) is 35.9 Å². The van der Waals surface area contributed by atoms with Gasteiger partial charge in [0, 0.05) is 6.54 Å². The van der Waals surface area contributed by atoms with E-state index in [1.165, 1.54) is 0 Å². The first-order valence-corrected chi connectivity index (χ1v) is 11.1. The van der Waals surface area contributed by atoms with Crippen LogP contribution >= 0.6 is 0 Å². The van der Waals surface area contributed by atoms with Crippen LogP contribution < -0.4 is 11.1 Å². The molecule has 1 aromatic carbocycles. The minimum atomic E-state index is -1.18. The first kappa shape index (κ1) is 25.8. The lowest BCUT2D eigenvalue weighted by Gasteiger charge is -2.33. The number of esters is 1. The molecule has 0 unspecified atom stereocenters. The van der Waals surface area contributed by atoms with Gasteiger partial charge in [-0.3, -0.25) is 9.59 Å². The molecule has 0 radical (unpaired) electrons. The third-order valence-electron chi connectivity index (χ3n) is 5.70. The summed E-state index contributed by atoms with van der Waals surface area (Å²) in [6.07, 6.45) is 3.06. The van der Waals surface area contributed by atoms with Crippen molar-refractivity contribution in [1.82, 2.24) is 5.32 Å². The zero-order chi connectivity index (χ0) is 23.8. The van der Waals surface area contributed by atoms with Crippen molar-refractivity contribution in [2.75, 3.05) is 13.2 Å². The van der Waals surface area contributed by atoms with Gasteiger partial charge in [-0.15, -0.1) is 0 Å². The van der Waals surface area contributed by atoms with E-state index in [-0.39, 0.29) is 32.1 Å². The Bertz CT molecular complexity index is 768. The van der Waals surface area contributed by atoms with Crippen LogP contribution in [-0.4, -0.2) is 47.7 Å². The van der Waals surface area contributed by atoms with Crippen LogP contribution in [0.1, 0.15) is 58.4 Å². The van der Waals surface area contributed by atoms with Gasteiger partial charge < -0.3 is 25.6 Å². The van der Waals surface area contributed by atoms with E-state index in [0.29, 0.717) is 12.8 Å². The van der Waals surface area contributed by atoms with Crippen LogP contribution in [0.2, 0.25) is 0 Å². The highest BCUT2D eigenvalue weighted by Crippen LogP contribution is 2.44. The lowest BCUT2D eigenvalue weighted by atomic mass is 9.76. The normalized spacial score (nSPS) is 17.4. The molecular formula is C24H36N2O6. The fourth-order valence-corrected chi connectivity index (χ4v) is 4.05. The predicted molar refractivity (Wildman–Crippen MR) is 120 cm³/mol. The van der Waals surface area contributed by atoms with Crippen molar-refractivity contribution in [3.8, 4) is 0 Å². The van der Waals surface area contributed by atoms with Crippen molar-refractivity contribution >= 4 is 17.8 Å². The average molecular weight is 449 g/mol. The number of hydrogen-bond acceptors (Lipinski definition) is 6. The maximum Gasteiger partial charge on any atom is 0.328 e. The summed E-state index contributed by atoms with van der Waals surface area (Å²) in [6.45, 7) is 5.50. The van der Waals surface area contributed by atoms with E-state index >= 15 is 0 Å². The van der Waals surface area contributed by atoms with E-state index in [0.717, 1.165) is 18.4 Å². The number of ether oxygens (including phenoxy) is 2. The van der Waals surface area contributed by atoms with Crippen molar-refractivity contribution < 1.29 is 29.0 Å². The number of amides is 1. The lowest BCUT2D eigenvalue weighted by Crippen LogP contribution is -2.51. The average Bonchev–Trinajstić information content (AvgIpc) is 3.20. The molecule has 1 aliphatic carbocycles. The Labute approximate surface area is 189 Å². The molecule has 4 N–H and O–H groups in total. The van der Waals surface area contributed by atoms with E-state index in [1.54, 1.807) is 20.8 Å². The van der Waals surface area contributed by atoms with Gasteiger partial charge in [-0.05, 0) is 45.6 Å². The second-order valence-electron chi connectivity index (χ2n) is 9.52. The van der Waals surface area contributed by atoms with E-state index < -0.39 is 34.9 Å². The third-order valence-corrected chi connectivity index (χ3v) is 5.70. The number of carbonyl (C=O) groups excluding carboxylic acids is 2. The molecule has 1 saturated carbocycles. The molecule has 0 aromatic heterocycles. The van der Waals surface area contributed by atoms with Crippen LogP contribution in [0.15, 0.2) is 30.3 Å². The maximum atomic E-state index is 13.3. The summed E-state index contributed by atoms with van der Waals surface area (Å²) >= 11 is 0. The highest BCUT2D eigenvalue weighted by molar-refractivity contribution is 5.88. The van der Waals surface area contributed by atoms with Gasteiger partial charge in [-0.2, -0.15) is 0 Å². The molecule has 2 atom stereocenters. The number of benzene rings is 1. The van der Waals surface area contributed by atoms with Gasteiger partial charge in [-0.1, -0.05) is 43.2 Å². The number of aliphatic carboxylic acids is 1. The first-order chi connectivity index (χ1) is 15.1. The molecule has 1 aromatic rings. The highest BCUT2D eigenvalue weighted by Gasteiger charge is 2.45. The molecule has 1 fully saturated rings. The van der Waals surface area contributed by atoms with Crippen LogP contribution in [0, 0.1) is 11.3 Å².